The summed E-state index contributed by atoms with van der Waals surface area (Å²) in [5.74, 6) is -0.412. The zero-order valence-electron chi connectivity index (χ0n) is 16.9. The van der Waals surface area contributed by atoms with Crippen molar-refractivity contribution in [3.05, 3.63) is 69.2 Å². The molecule has 0 unspecified atom stereocenters. The molecular weight excluding hydrogens is 478 g/mol. The molecule has 0 radical (unpaired) electrons. The molecule has 1 aromatic heterocycles. The van der Waals surface area contributed by atoms with Crippen molar-refractivity contribution < 1.29 is 18.3 Å². The molecule has 32 heavy (non-hydrogen) atoms. The minimum Gasteiger partial charge on any atom is -0.433 e. The first-order chi connectivity index (χ1) is 15.3. The van der Waals surface area contributed by atoms with Crippen molar-refractivity contribution in [2.75, 3.05) is 11.2 Å². The third-order valence-electron chi connectivity index (χ3n) is 4.29. The summed E-state index contributed by atoms with van der Waals surface area (Å²) in [5.41, 5.74) is 2.26. The van der Waals surface area contributed by atoms with Gasteiger partial charge in [0.25, 0.3) is 5.91 Å². The second-order valence-electron chi connectivity index (χ2n) is 6.42. The van der Waals surface area contributed by atoms with E-state index >= 15 is 0 Å². The Bertz CT molecular complexity index is 1150. The minimum atomic E-state index is -2.97. The number of aromatic nitrogens is 1. The van der Waals surface area contributed by atoms with Crippen LogP contribution in [-0.4, -0.2) is 23.8 Å². The summed E-state index contributed by atoms with van der Waals surface area (Å²) in [5, 5.41) is 9.70. The van der Waals surface area contributed by atoms with E-state index in [4.69, 9.17) is 16.9 Å². The van der Waals surface area contributed by atoms with Gasteiger partial charge in [-0.1, -0.05) is 29.6 Å². The standard InChI is InChI=1S/C21H17ClF2N4O2S2/c1-12-18(19(29)27-31-2)26-21(32-12)28(15-6-3-13(10-25)4-7-15)11-14-5-8-17(16(22)9-14)30-20(23)24/h3-9,20H,11H2,1-2H3,(H,27,29). The number of amides is 1. The van der Waals surface area contributed by atoms with Crippen LogP contribution in [0.15, 0.2) is 42.5 Å². The number of rotatable bonds is 8. The van der Waals surface area contributed by atoms with Crippen LogP contribution in [0.4, 0.5) is 19.6 Å². The molecule has 0 aliphatic carbocycles. The number of carbonyl (C=O) groups is 1. The van der Waals surface area contributed by atoms with Crippen molar-refractivity contribution in [1.29, 1.82) is 5.26 Å². The third kappa shape index (κ3) is 5.68. The van der Waals surface area contributed by atoms with E-state index in [9.17, 15) is 13.6 Å². The summed E-state index contributed by atoms with van der Waals surface area (Å²) in [7, 11) is 0. The van der Waals surface area contributed by atoms with E-state index < -0.39 is 6.61 Å². The predicted octanol–water partition coefficient (Wildman–Crippen LogP) is 5.92. The van der Waals surface area contributed by atoms with Crippen LogP contribution in [0.5, 0.6) is 5.75 Å². The van der Waals surface area contributed by atoms with Gasteiger partial charge < -0.3 is 9.64 Å². The second kappa shape index (κ2) is 10.6. The van der Waals surface area contributed by atoms with Crippen molar-refractivity contribution in [3.63, 3.8) is 0 Å². The first-order valence-corrected chi connectivity index (χ1v) is 11.6. The van der Waals surface area contributed by atoms with Crippen molar-refractivity contribution in [2.24, 2.45) is 0 Å². The molecule has 166 valence electrons. The molecule has 0 spiro atoms. The lowest BCUT2D eigenvalue weighted by Crippen LogP contribution is -2.19. The molecule has 0 fully saturated rings. The maximum absolute atomic E-state index is 12.5. The van der Waals surface area contributed by atoms with E-state index in [1.165, 1.54) is 35.4 Å². The predicted molar refractivity (Wildman–Crippen MR) is 123 cm³/mol. The van der Waals surface area contributed by atoms with Crippen LogP contribution in [0.25, 0.3) is 0 Å². The number of nitriles is 1. The lowest BCUT2D eigenvalue weighted by atomic mass is 10.1. The molecule has 0 saturated carbocycles. The Hall–Kier alpha value is -2.87. The van der Waals surface area contributed by atoms with E-state index in [0.717, 1.165) is 10.6 Å². The first kappa shape index (κ1) is 23.8. The zero-order chi connectivity index (χ0) is 23.3. The largest absolute Gasteiger partial charge is 0.433 e. The molecule has 11 heteroatoms. The van der Waals surface area contributed by atoms with Gasteiger partial charge >= 0.3 is 6.61 Å². The van der Waals surface area contributed by atoms with Gasteiger partial charge in [0, 0.05) is 16.8 Å². The Morgan fingerprint density at radius 2 is 2.06 bits per heavy atom. The number of hydrogen-bond donors (Lipinski definition) is 1. The van der Waals surface area contributed by atoms with E-state index in [1.807, 2.05) is 4.90 Å². The Kier molecular flexibility index (Phi) is 7.90. The molecule has 0 saturated heterocycles. The number of ether oxygens (including phenoxy) is 1. The van der Waals surface area contributed by atoms with Gasteiger partial charge in [-0.25, -0.2) is 4.98 Å². The number of thiazole rings is 1. The summed E-state index contributed by atoms with van der Waals surface area (Å²) in [6.45, 7) is -0.879. The normalized spacial score (nSPS) is 10.7. The average molecular weight is 495 g/mol. The molecule has 0 atom stereocenters. The van der Waals surface area contributed by atoms with Gasteiger partial charge in [0.05, 0.1) is 23.2 Å². The number of halogens is 3. The van der Waals surface area contributed by atoms with Crippen LogP contribution in [0, 0.1) is 18.3 Å². The smallest absolute Gasteiger partial charge is 0.387 e. The van der Waals surface area contributed by atoms with Gasteiger partial charge in [0.15, 0.2) is 5.13 Å². The highest BCUT2D eigenvalue weighted by Gasteiger charge is 2.21. The van der Waals surface area contributed by atoms with Crippen LogP contribution >= 0.6 is 34.9 Å². The number of nitrogens with zero attached hydrogens (tertiary/aromatic N) is 3. The quantitative estimate of drug-likeness (QED) is 0.391. The maximum atomic E-state index is 12.5. The first-order valence-electron chi connectivity index (χ1n) is 9.14. The highest BCUT2D eigenvalue weighted by atomic mass is 35.5. The topological polar surface area (TPSA) is 78.2 Å². The lowest BCUT2D eigenvalue weighted by Gasteiger charge is -2.22. The molecule has 2 aromatic carbocycles. The number of alkyl halides is 2. The van der Waals surface area contributed by atoms with Crippen molar-refractivity contribution in [2.45, 2.75) is 20.1 Å². The van der Waals surface area contributed by atoms with Crippen LogP contribution < -0.4 is 14.4 Å². The average Bonchev–Trinajstić information content (AvgIpc) is 3.15. The fourth-order valence-electron chi connectivity index (χ4n) is 2.85. The fraction of sp³-hybridized carbons (Fsp3) is 0.190. The summed E-state index contributed by atoms with van der Waals surface area (Å²) >= 11 is 8.63. The van der Waals surface area contributed by atoms with Gasteiger partial charge in [-0.15, -0.1) is 11.3 Å². The molecule has 3 rings (SSSR count). The zero-order valence-corrected chi connectivity index (χ0v) is 19.3. The Morgan fingerprint density at radius 3 is 2.66 bits per heavy atom. The molecule has 0 aliphatic rings. The minimum absolute atomic E-state index is 0.0536. The summed E-state index contributed by atoms with van der Waals surface area (Å²) < 4.78 is 32.1. The van der Waals surface area contributed by atoms with Crippen molar-refractivity contribution >= 4 is 51.6 Å². The van der Waals surface area contributed by atoms with Gasteiger partial charge in [0.1, 0.15) is 11.4 Å². The van der Waals surface area contributed by atoms with Crippen LogP contribution in [0.1, 0.15) is 26.5 Å². The van der Waals surface area contributed by atoms with Gasteiger partial charge in [0.2, 0.25) is 0 Å². The van der Waals surface area contributed by atoms with E-state index in [-0.39, 0.29) is 23.2 Å². The molecule has 1 heterocycles. The molecule has 1 N–H and O–H groups in total. The van der Waals surface area contributed by atoms with Crippen LogP contribution in [0.3, 0.4) is 0 Å². The molecule has 3 aromatic rings. The number of nitrogens with one attached hydrogen (secondary N) is 1. The molecule has 0 aliphatic heterocycles. The third-order valence-corrected chi connectivity index (χ3v) is 5.97. The summed E-state index contributed by atoms with van der Waals surface area (Å²) in [4.78, 5) is 19.4. The van der Waals surface area contributed by atoms with Crippen LogP contribution in [0.2, 0.25) is 5.02 Å². The number of benzene rings is 2. The summed E-state index contributed by atoms with van der Waals surface area (Å²) in [6, 6.07) is 13.5. The second-order valence-corrected chi connectivity index (χ2v) is 8.63. The highest BCUT2D eigenvalue weighted by Crippen LogP contribution is 2.35. The Balaban J connectivity index is 1.98. The number of hydrogen-bond acceptors (Lipinski definition) is 7. The molecule has 0 bridgehead atoms. The maximum Gasteiger partial charge on any atom is 0.387 e. The van der Waals surface area contributed by atoms with E-state index in [1.54, 1.807) is 43.5 Å². The summed E-state index contributed by atoms with van der Waals surface area (Å²) in [6.07, 6.45) is 1.74. The molecule has 1 amide bonds. The van der Waals surface area contributed by atoms with E-state index in [0.29, 0.717) is 22.0 Å². The Morgan fingerprint density at radius 1 is 1.34 bits per heavy atom. The molecular formula is C21H17ClF2N4O2S2. The number of anilines is 2. The van der Waals surface area contributed by atoms with Gasteiger partial charge in [-0.3, -0.25) is 9.52 Å². The molecule has 6 nitrogen and oxygen atoms in total. The van der Waals surface area contributed by atoms with Gasteiger partial charge in [-0.05, 0) is 48.9 Å². The van der Waals surface area contributed by atoms with E-state index in [2.05, 4.69) is 20.5 Å². The van der Waals surface area contributed by atoms with Crippen molar-refractivity contribution in [3.8, 4) is 11.8 Å². The van der Waals surface area contributed by atoms with Crippen LogP contribution in [-0.2, 0) is 6.54 Å². The Labute approximate surface area is 196 Å². The highest BCUT2D eigenvalue weighted by molar-refractivity contribution is 7.97. The fourth-order valence-corrected chi connectivity index (χ4v) is 4.31. The monoisotopic (exact) mass is 494 g/mol. The number of aryl methyl sites for hydroxylation is 1. The van der Waals surface area contributed by atoms with Gasteiger partial charge in [-0.2, -0.15) is 14.0 Å². The lowest BCUT2D eigenvalue weighted by molar-refractivity contribution is -0.0498. The SMILES string of the molecule is CSNC(=O)c1nc(N(Cc2ccc(OC(F)F)c(Cl)c2)c2ccc(C#N)cc2)sc1C. The van der Waals surface area contributed by atoms with Crippen molar-refractivity contribution in [1.82, 2.24) is 9.71 Å². The number of carbonyl (C=O) groups excluding carboxylic acids is 1.